The van der Waals surface area contributed by atoms with E-state index in [9.17, 15) is 19.1 Å². The molecule has 3 aromatic rings. The highest BCUT2D eigenvalue weighted by Gasteiger charge is 2.48. The first kappa shape index (κ1) is 23.7. The van der Waals surface area contributed by atoms with E-state index in [1.54, 1.807) is 19.9 Å². The van der Waals surface area contributed by atoms with E-state index in [1.165, 1.54) is 19.2 Å². The molecule has 0 amide bonds. The molecule has 2 atom stereocenters. The maximum Gasteiger partial charge on any atom is 0.301 e. The van der Waals surface area contributed by atoms with E-state index in [2.05, 4.69) is 26.3 Å². The van der Waals surface area contributed by atoms with Gasteiger partial charge in [-0.25, -0.2) is 14.4 Å². The lowest BCUT2D eigenvalue weighted by Gasteiger charge is -2.23. The number of ether oxygens (including phenoxy) is 1. The highest BCUT2D eigenvalue weighted by Crippen LogP contribution is 2.51. The second-order valence-electron chi connectivity index (χ2n) is 8.60. The van der Waals surface area contributed by atoms with Crippen molar-refractivity contribution >= 4 is 16.9 Å². The molecule has 4 rings (SSSR count). The summed E-state index contributed by atoms with van der Waals surface area (Å²) >= 11 is 0. The molecule has 178 valence electrons. The first-order valence-corrected chi connectivity index (χ1v) is 10.8. The van der Waals surface area contributed by atoms with Gasteiger partial charge in [0.1, 0.15) is 23.6 Å². The number of aliphatic hydroxyl groups excluding tert-OH is 1. The Kier molecular flexibility index (Phi) is 5.85. The van der Waals surface area contributed by atoms with Crippen LogP contribution in [-0.2, 0) is 11.3 Å². The Bertz CT molecular complexity index is 1300. The normalized spacial score (nSPS) is 16.6. The summed E-state index contributed by atoms with van der Waals surface area (Å²) in [6.07, 6.45) is -0.702. The summed E-state index contributed by atoms with van der Waals surface area (Å²) in [6, 6.07) is 6.98. The number of aryl methyl sites for hydroxylation is 1. The molecule has 1 aliphatic carbocycles. The van der Waals surface area contributed by atoms with Crippen molar-refractivity contribution in [3.05, 3.63) is 52.6 Å². The van der Waals surface area contributed by atoms with Gasteiger partial charge in [0.15, 0.2) is 5.65 Å². The van der Waals surface area contributed by atoms with Gasteiger partial charge < -0.3 is 15.2 Å². The number of rotatable bonds is 7. The van der Waals surface area contributed by atoms with Gasteiger partial charge in [-0.3, -0.25) is 0 Å². The lowest BCUT2D eigenvalue weighted by Crippen LogP contribution is -2.29. The maximum atomic E-state index is 15.1. The van der Waals surface area contributed by atoms with Gasteiger partial charge >= 0.3 is 5.92 Å². The lowest BCUT2D eigenvalue weighted by atomic mass is 9.97. The Morgan fingerprint density at radius 2 is 1.94 bits per heavy atom. The van der Waals surface area contributed by atoms with Gasteiger partial charge in [0.25, 0.3) is 0 Å². The number of pyridine rings is 1. The zero-order chi connectivity index (χ0) is 24.8. The monoisotopic (exact) mass is 471 g/mol. The SMILES string of the molecule is COc1nc2nc(C)nc(N[C@H](C)c3cccc(C(F)(F)[C@H](C)O)c3F)c2cc1C1(C#N)CC1. The molecular formula is C24H24F3N5O2. The third-order valence-electron chi connectivity index (χ3n) is 6.17. The fourth-order valence-electron chi connectivity index (χ4n) is 3.97. The third kappa shape index (κ3) is 3.90. The number of fused-ring (bicyclic) bond motifs is 1. The number of anilines is 1. The van der Waals surface area contributed by atoms with Crippen molar-refractivity contribution in [1.29, 1.82) is 5.26 Å². The van der Waals surface area contributed by atoms with Gasteiger partial charge in [0.05, 0.1) is 35.6 Å². The summed E-state index contributed by atoms with van der Waals surface area (Å²) in [5.74, 6) is -3.83. The highest BCUT2D eigenvalue weighted by atomic mass is 19.3. The van der Waals surface area contributed by atoms with Gasteiger partial charge in [0.2, 0.25) is 5.88 Å². The van der Waals surface area contributed by atoms with E-state index in [0.717, 1.165) is 13.0 Å². The molecule has 2 heterocycles. The Balaban J connectivity index is 1.78. The van der Waals surface area contributed by atoms with Crippen molar-refractivity contribution in [1.82, 2.24) is 15.0 Å². The van der Waals surface area contributed by atoms with E-state index in [4.69, 9.17) is 4.74 Å². The minimum atomic E-state index is -3.75. The smallest absolute Gasteiger partial charge is 0.301 e. The van der Waals surface area contributed by atoms with Crippen molar-refractivity contribution in [3.63, 3.8) is 0 Å². The van der Waals surface area contributed by atoms with Crippen LogP contribution < -0.4 is 10.1 Å². The average molecular weight is 471 g/mol. The van der Waals surface area contributed by atoms with Gasteiger partial charge in [-0.15, -0.1) is 0 Å². The molecule has 0 spiro atoms. The number of halogens is 3. The molecule has 0 aliphatic heterocycles. The number of aromatic nitrogens is 3. The average Bonchev–Trinajstić information content (AvgIpc) is 3.59. The van der Waals surface area contributed by atoms with Crippen LogP contribution in [0.2, 0.25) is 0 Å². The maximum absolute atomic E-state index is 15.1. The number of nitriles is 1. The molecule has 34 heavy (non-hydrogen) atoms. The second-order valence-corrected chi connectivity index (χ2v) is 8.60. The zero-order valence-electron chi connectivity index (χ0n) is 19.2. The van der Waals surface area contributed by atoms with Crippen LogP contribution in [0.4, 0.5) is 19.0 Å². The van der Waals surface area contributed by atoms with Crippen LogP contribution in [0.5, 0.6) is 5.88 Å². The first-order valence-electron chi connectivity index (χ1n) is 10.8. The van der Waals surface area contributed by atoms with Crippen LogP contribution in [0.1, 0.15) is 55.2 Å². The largest absolute Gasteiger partial charge is 0.481 e. The molecule has 1 aromatic carbocycles. The highest BCUT2D eigenvalue weighted by molar-refractivity contribution is 5.88. The number of nitrogens with one attached hydrogen (secondary N) is 1. The number of nitrogens with zero attached hydrogens (tertiary/aromatic N) is 4. The van der Waals surface area contributed by atoms with Crippen LogP contribution in [0, 0.1) is 24.1 Å². The molecule has 7 nitrogen and oxygen atoms in total. The Morgan fingerprint density at radius 1 is 1.24 bits per heavy atom. The third-order valence-corrected chi connectivity index (χ3v) is 6.17. The van der Waals surface area contributed by atoms with Gasteiger partial charge in [0, 0.05) is 11.1 Å². The molecule has 1 saturated carbocycles. The first-order chi connectivity index (χ1) is 16.0. The fraction of sp³-hybridized carbons (Fsp3) is 0.417. The molecule has 10 heteroatoms. The van der Waals surface area contributed by atoms with Crippen LogP contribution in [0.25, 0.3) is 11.0 Å². The summed E-state index contributed by atoms with van der Waals surface area (Å²) in [5, 5.41) is 22.7. The lowest BCUT2D eigenvalue weighted by molar-refractivity contribution is -0.108. The predicted octanol–water partition coefficient (Wildman–Crippen LogP) is 4.68. The number of methoxy groups -OCH3 is 1. The zero-order valence-corrected chi connectivity index (χ0v) is 19.2. The van der Waals surface area contributed by atoms with Crippen LogP contribution in [-0.4, -0.2) is 33.3 Å². The van der Waals surface area contributed by atoms with E-state index in [0.29, 0.717) is 47.0 Å². The summed E-state index contributed by atoms with van der Waals surface area (Å²) in [4.78, 5) is 13.2. The van der Waals surface area contributed by atoms with E-state index in [1.807, 2.05) is 0 Å². The molecule has 1 fully saturated rings. The van der Waals surface area contributed by atoms with E-state index in [-0.39, 0.29) is 5.56 Å². The fourth-order valence-corrected chi connectivity index (χ4v) is 3.97. The van der Waals surface area contributed by atoms with Crippen molar-refractivity contribution in [2.24, 2.45) is 0 Å². The molecular weight excluding hydrogens is 447 g/mol. The molecule has 0 saturated heterocycles. The number of hydrogen-bond acceptors (Lipinski definition) is 7. The Labute approximate surface area is 194 Å². The minimum Gasteiger partial charge on any atom is -0.481 e. The minimum absolute atomic E-state index is 0.0142. The topological polar surface area (TPSA) is 104 Å². The second kappa shape index (κ2) is 8.40. The molecule has 2 N–H and O–H groups in total. The summed E-state index contributed by atoms with van der Waals surface area (Å²) < 4.78 is 49.2. The van der Waals surface area contributed by atoms with Crippen LogP contribution in [0.3, 0.4) is 0 Å². The number of hydrogen-bond donors (Lipinski definition) is 2. The van der Waals surface area contributed by atoms with Gasteiger partial charge in [-0.05, 0) is 45.7 Å². The summed E-state index contributed by atoms with van der Waals surface area (Å²) in [7, 11) is 1.47. The molecule has 0 radical (unpaired) electrons. The predicted molar refractivity (Wildman–Crippen MR) is 119 cm³/mol. The van der Waals surface area contributed by atoms with Gasteiger partial charge in [-0.2, -0.15) is 19.0 Å². The summed E-state index contributed by atoms with van der Waals surface area (Å²) in [5.41, 5.74) is -0.632. The quantitative estimate of drug-likeness (QED) is 0.516. The molecule has 1 aliphatic rings. The van der Waals surface area contributed by atoms with Gasteiger partial charge in [-0.1, -0.05) is 12.1 Å². The Hall–Kier alpha value is -3.45. The van der Waals surface area contributed by atoms with Crippen molar-refractivity contribution in [2.75, 3.05) is 12.4 Å². The standard InChI is InChI=1S/C24H24F3N5O2/c1-12(15-6-5-7-17(19(15)25)24(26,27)13(2)33)29-20-16-10-18(23(11-28)8-9-23)22(34-4)32-21(16)31-14(3)30-20/h5-7,10,12-13,33H,8-9H2,1-4H3,(H,29,30,31,32)/t12-,13+/m1/s1. The number of benzene rings is 1. The molecule has 0 unspecified atom stereocenters. The molecule has 2 aromatic heterocycles. The van der Waals surface area contributed by atoms with Crippen molar-refractivity contribution in [3.8, 4) is 11.9 Å². The number of aliphatic hydroxyl groups is 1. The number of alkyl halides is 2. The van der Waals surface area contributed by atoms with Crippen LogP contribution >= 0.6 is 0 Å². The summed E-state index contributed by atoms with van der Waals surface area (Å²) in [6.45, 7) is 4.19. The van der Waals surface area contributed by atoms with Crippen LogP contribution in [0.15, 0.2) is 24.3 Å². The van der Waals surface area contributed by atoms with Crippen molar-refractivity contribution in [2.45, 2.75) is 57.1 Å². The van der Waals surface area contributed by atoms with Crippen molar-refractivity contribution < 1.29 is 23.0 Å². The Morgan fingerprint density at radius 3 is 2.53 bits per heavy atom. The van der Waals surface area contributed by atoms with E-state index >= 15 is 4.39 Å². The molecule has 0 bridgehead atoms. The van der Waals surface area contributed by atoms with E-state index < -0.39 is 34.9 Å².